The maximum Gasteiger partial charge on any atom is 0.353 e. The van der Waals surface area contributed by atoms with Crippen molar-refractivity contribution in [1.29, 1.82) is 0 Å². The second kappa shape index (κ2) is 10.5. The molecule has 1 saturated heterocycles. The van der Waals surface area contributed by atoms with Crippen LogP contribution in [-0.2, 0) is 6.42 Å². The van der Waals surface area contributed by atoms with E-state index in [4.69, 9.17) is 11.6 Å². The summed E-state index contributed by atoms with van der Waals surface area (Å²) in [6.45, 7) is 4.80. The van der Waals surface area contributed by atoms with Crippen molar-refractivity contribution in [3.8, 4) is 0 Å². The van der Waals surface area contributed by atoms with Gasteiger partial charge in [0.05, 0.1) is 4.92 Å². The van der Waals surface area contributed by atoms with E-state index in [0.29, 0.717) is 37.0 Å². The first-order chi connectivity index (χ1) is 16.0. The van der Waals surface area contributed by atoms with E-state index < -0.39 is 4.92 Å². The maximum absolute atomic E-state index is 12.0. The highest BCUT2D eigenvalue weighted by atomic mass is 35.5. The lowest BCUT2D eigenvalue weighted by molar-refractivity contribution is -0.383. The number of benzene rings is 2. The predicted molar refractivity (Wildman–Crippen MR) is 133 cm³/mol. The Kier molecular flexibility index (Phi) is 7.24. The van der Waals surface area contributed by atoms with Gasteiger partial charge in [-0.3, -0.25) is 10.1 Å². The van der Waals surface area contributed by atoms with Crippen molar-refractivity contribution < 1.29 is 4.92 Å². The molecule has 3 aromatic rings. The fourth-order valence-corrected chi connectivity index (χ4v) is 4.17. The minimum atomic E-state index is -0.406. The maximum atomic E-state index is 12.0. The predicted octanol–water partition coefficient (Wildman–Crippen LogP) is 5.45. The quantitative estimate of drug-likeness (QED) is 0.348. The van der Waals surface area contributed by atoms with Crippen LogP contribution in [0.15, 0.2) is 54.9 Å². The fraction of sp³-hybridized carbons (Fsp3) is 0.333. The van der Waals surface area contributed by atoms with Gasteiger partial charge in [-0.15, -0.1) is 0 Å². The number of anilines is 4. The first-order valence-electron chi connectivity index (χ1n) is 11.2. The van der Waals surface area contributed by atoms with Crippen LogP contribution in [0.5, 0.6) is 0 Å². The van der Waals surface area contributed by atoms with Crippen LogP contribution in [0.2, 0.25) is 5.02 Å². The van der Waals surface area contributed by atoms with Crippen molar-refractivity contribution in [2.75, 3.05) is 41.3 Å². The molecule has 1 aliphatic rings. The Bertz CT molecular complexity index is 1100. The molecule has 33 heavy (non-hydrogen) atoms. The average Bonchev–Trinajstić information content (AvgIpc) is 2.83. The molecule has 2 heterocycles. The van der Waals surface area contributed by atoms with Gasteiger partial charge in [-0.2, -0.15) is 0 Å². The van der Waals surface area contributed by atoms with Gasteiger partial charge in [0.15, 0.2) is 0 Å². The van der Waals surface area contributed by atoms with Gasteiger partial charge >= 0.3 is 5.69 Å². The van der Waals surface area contributed by atoms with E-state index >= 15 is 0 Å². The molecule has 1 aromatic heterocycles. The number of aryl methyl sites for hydroxylation is 1. The summed E-state index contributed by atoms with van der Waals surface area (Å²) in [5.41, 5.74) is 2.94. The normalized spacial score (nSPS) is 13.8. The second-order valence-corrected chi connectivity index (χ2v) is 8.47. The van der Waals surface area contributed by atoms with E-state index in [0.717, 1.165) is 30.6 Å². The highest BCUT2D eigenvalue weighted by Gasteiger charge is 2.29. The molecule has 1 fully saturated rings. The van der Waals surface area contributed by atoms with Crippen molar-refractivity contribution in [1.82, 2.24) is 9.97 Å². The zero-order chi connectivity index (χ0) is 23.2. The number of nitro groups is 1. The first-order valence-corrected chi connectivity index (χ1v) is 11.5. The molecule has 8 nitrogen and oxygen atoms in total. The Labute approximate surface area is 198 Å². The molecule has 0 unspecified atom stereocenters. The van der Waals surface area contributed by atoms with Gasteiger partial charge in [0.2, 0.25) is 11.6 Å². The Morgan fingerprint density at radius 2 is 1.79 bits per heavy atom. The van der Waals surface area contributed by atoms with Crippen LogP contribution < -0.4 is 15.1 Å². The van der Waals surface area contributed by atoms with Gasteiger partial charge in [-0.05, 0) is 48.7 Å². The number of halogens is 1. The number of nitrogens with one attached hydrogen (secondary N) is 1. The van der Waals surface area contributed by atoms with Crippen molar-refractivity contribution in [2.24, 2.45) is 0 Å². The van der Waals surface area contributed by atoms with Crippen molar-refractivity contribution in [3.05, 3.63) is 75.6 Å². The molecule has 0 radical (unpaired) electrons. The Morgan fingerprint density at radius 3 is 2.45 bits per heavy atom. The summed E-state index contributed by atoms with van der Waals surface area (Å²) in [6.07, 6.45) is 4.68. The third-order valence-electron chi connectivity index (χ3n) is 5.77. The van der Waals surface area contributed by atoms with E-state index in [1.165, 1.54) is 11.9 Å². The van der Waals surface area contributed by atoms with Crippen molar-refractivity contribution >= 4 is 40.3 Å². The largest absolute Gasteiger partial charge is 0.368 e. The number of nitrogens with zero attached hydrogens (tertiary/aromatic N) is 5. The summed E-state index contributed by atoms with van der Waals surface area (Å²) >= 11 is 6.12. The van der Waals surface area contributed by atoms with E-state index in [9.17, 15) is 10.1 Å². The van der Waals surface area contributed by atoms with Crippen LogP contribution in [0.25, 0.3) is 0 Å². The molecule has 4 rings (SSSR count). The lowest BCUT2D eigenvalue weighted by Gasteiger charge is -2.36. The van der Waals surface area contributed by atoms with Gasteiger partial charge in [0.1, 0.15) is 6.33 Å². The zero-order valence-electron chi connectivity index (χ0n) is 18.6. The van der Waals surface area contributed by atoms with E-state index in [1.54, 1.807) is 0 Å². The molecule has 0 saturated carbocycles. The molecular formula is C24H27ClN6O2. The third-order valence-corrected chi connectivity index (χ3v) is 6.01. The summed E-state index contributed by atoms with van der Waals surface area (Å²) in [5.74, 6) is 0.534. The average molecular weight is 467 g/mol. The van der Waals surface area contributed by atoms with Crippen LogP contribution in [0.4, 0.5) is 28.7 Å². The molecule has 1 N–H and O–H groups in total. The highest BCUT2D eigenvalue weighted by molar-refractivity contribution is 6.30. The minimum absolute atomic E-state index is 0.108. The van der Waals surface area contributed by atoms with Crippen LogP contribution in [0.3, 0.4) is 0 Å². The van der Waals surface area contributed by atoms with Crippen molar-refractivity contribution in [2.45, 2.75) is 26.2 Å². The highest BCUT2D eigenvalue weighted by Crippen LogP contribution is 2.34. The zero-order valence-corrected chi connectivity index (χ0v) is 19.3. The van der Waals surface area contributed by atoms with Gasteiger partial charge < -0.3 is 15.1 Å². The summed E-state index contributed by atoms with van der Waals surface area (Å²) < 4.78 is 0. The number of aromatic nitrogens is 2. The van der Waals surface area contributed by atoms with Crippen LogP contribution in [0.1, 0.15) is 25.3 Å². The number of hydrogen-bond donors (Lipinski definition) is 1. The fourth-order valence-electron chi connectivity index (χ4n) is 3.98. The summed E-state index contributed by atoms with van der Waals surface area (Å²) in [5, 5.41) is 15.8. The van der Waals surface area contributed by atoms with E-state index in [-0.39, 0.29) is 11.5 Å². The molecule has 0 atom stereocenters. The summed E-state index contributed by atoms with van der Waals surface area (Å²) in [4.78, 5) is 24.2. The molecule has 0 amide bonds. The summed E-state index contributed by atoms with van der Waals surface area (Å²) in [7, 11) is 0. The SMILES string of the molecule is CCCCc1ccc(Nc2ncnc(N3CCN(c4cccc(Cl)c4)CC3)c2[N+](=O)[O-])cc1. The Balaban J connectivity index is 1.50. The molecule has 2 aromatic carbocycles. The molecule has 172 valence electrons. The summed E-state index contributed by atoms with van der Waals surface area (Å²) in [6, 6.07) is 15.7. The van der Waals surface area contributed by atoms with Crippen LogP contribution in [0, 0.1) is 10.1 Å². The van der Waals surface area contributed by atoms with Gasteiger partial charge in [0, 0.05) is 42.6 Å². The third kappa shape index (κ3) is 5.51. The molecule has 9 heteroatoms. The molecular weight excluding hydrogens is 440 g/mol. The smallest absolute Gasteiger partial charge is 0.353 e. The van der Waals surface area contributed by atoms with Crippen LogP contribution in [-0.4, -0.2) is 41.1 Å². The lowest BCUT2D eigenvalue weighted by Crippen LogP contribution is -2.47. The number of rotatable bonds is 8. The standard InChI is InChI=1S/C24H27ClN6O2/c1-2-3-5-18-8-10-20(11-9-18)28-23-22(31(32)33)24(27-17-26-23)30-14-12-29(13-15-30)21-7-4-6-19(25)16-21/h4,6-11,16-17H,2-3,5,12-15H2,1H3,(H,26,27,28). The monoisotopic (exact) mass is 466 g/mol. The van der Waals surface area contributed by atoms with Crippen molar-refractivity contribution in [3.63, 3.8) is 0 Å². The van der Waals surface area contributed by atoms with Gasteiger partial charge in [0.25, 0.3) is 0 Å². The first kappa shape index (κ1) is 22.8. The van der Waals surface area contributed by atoms with Crippen LogP contribution >= 0.6 is 11.6 Å². The number of piperazine rings is 1. The molecule has 1 aliphatic heterocycles. The Hall–Kier alpha value is -3.39. The molecule has 0 spiro atoms. The number of unbranched alkanes of at least 4 members (excludes halogenated alkanes) is 1. The Morgan fingerprint density at radius 1 is 1.06 bits per heavy atom. The number of hydrogen-bond acceptors (Lipinski definition) is 7. The van der Waals surface area contributed by atoms with Gasteiger partial charge in [-0.25, -0.2) is 9.97 Å². The van der Waals surface area contributed by atoms with E-state index in [2.05, 4.69) is 27.1 Å². The molecule has 0 bridgehead atoms. The lowest BCUT2D eigenvalue weighted by atomic mass is 10.1. The van der Waals surface area contributed by atoms with E-state index in [1.807, 2.05) is 53.4 Å². The second-order valence-electron chi connectivity index (χ2n) is 8.03. The minimum Gasteiger partial charge on any atom is -0.368 e. The van der Waals surface area contributed by atoms with Gasteiger partial charge in [-0.1, -0.05) is 43.1 Å². The molecule has 0 aliphatic carbocycles. The topological polar surface area (TPSA) is 87.4 Å².